The largest absolute Gasteiger partial charge is 0.476 e. The fourth-order valence-corrected chi connectivity index (χ4v) is 3.15. The first-order valence-electron chi connectivity index (χ1n) is 6.07. The first kappa shape index (κ1) is 14.3. The highest BCUT2D eigenvalue weighted by Crippen LogP contribution is 2.36. The van der Waals surface area contributed by atoms with Crippen LogP contribution in [-0.2, 0) is 0 Å². The van der Waals surface area contributed by atoms with E-state index in [0.717, 1.165) is 23.5 Å². The van der Waals surface area contributed by atoms with E-state index in [1.807, 2.05) is 0 Å². The summed E-state index contributed by atoms with van der Waals surface area (Å²) in [5.74, 6) is -2.74. The molecule has 7 heteroatoms. The van der Waals surface area contributed by atoms with Gasteiger partial charge in [0.1, 0.15) is 11.6 Å². The number of hydrogen-bond acceptors (Lipinski definition) is 4. The summed E-state index contributed by atoms with van der Waals surface area (Å²) in [7, 11) is 0. The van der Waals surface area contributed by atoms with E-state index >= 15 is 0 Å². The number of hydrogen-bond donors (Lipinski definition) is 1. The van der Waals surface area contributed by atoms with Crippen molar-refractivity contribution in [3.63, 3.8) is 0 Å². The van der Waals surface area contributed by atoms with Gasteiger partial charge < -0.3 is 5.11 Å². The average molecular weight is 319 g/mol. The van der Waals surface area contributed by atoms with Crippen LogP contribution in [0.25, 0.3) is 21.2 Å². The van der Waals surface area contributed by atoms with Gasteiger partial charge in [0.15, 0.2) is 12.0 Å². The molecule has 3 aromatic rings. The molecular formula is C15H7F2NO3S. The second-order valence-corrected chi connectivity index (χ2v) is 5.54. The minimum absolute atomic E-state index is 0.0890. The maximum absolute atomic E-state index is 14.0. The van der Waals surface area contributed by atoms with Gasteiger partial charge in [-0.25, -0.2) is 18.6 Å². The lowest BCUT2D eigenvalue weighted by Gasteiger charge is -2.06. The van der Waals surface area contributed by atoms with Crippen molar-refractivity contribution in [2.45, 2.75) is 0 Å². The monoisotopic (exact) mass is 319 g/mol. The summed E-state index contributed by atoms with van der Waals surface area (Å²) in [5, 5.41) is 9.54. The van der Waals surface area contributed by atoms with Crippen molar-refractivity contribution < 1.29 is 23.5 Å². The smallest absolute Gasteiger partial charge is 0.355 e. The van der Waals surface area contributed by atoms with Crippen LogP contribution in [0.1, 0.15) is 20.2 Å². The number of carboxylic acids is 1. The van der Waals surface area contributed by atoms with Gasteiger partial charge in [0.2, 0.25) is 0 Å². The van der Waals surface area contributed by atoms with Crippen LogP contribution in [0.2, 0.25) is 0 Å². The Kier molecular flexibility index (Phi) is 3.42. The van der Waals surface area contributed by atoms with E-state index in [4.69, 9.17) is 5.11 Å². The predicted octanol–water partition coefficient (Wildman–Crippen LogP) is 3.75. The molecule has 0 saturated carbocycles. The van der Waals surface area contributed by atoms with Crippen LogP contribution in [0.15, 0.2) is 30.5 Å². The maximum atomic E-state index is 14.0. The van der Waals surface area contributed by atoms with Gasteiger partial charge in [-0.15, -0.1) is 11.3 Å². The lowest BCUT2D eigenvalue weighted by molar-refractivity contribution is 0.0693. The molecule has 110 valence electrons. The van der Waals surface area contributed by atoms with Gasteiger partial charge in [0.25, 0.3) is 0 Å². The number of carbonyl (C=O) groups excluding carboxylic acids is 1. The van der Waals surface area contributed by atoms with Crippen molar-refractivity contribution in [1.82, 2.24) is 4.98 Å². The summed E-state index contributed by atoms with van der Waals surface area (Å²) in [6.07, 6.45) is 1.80. The van der Waals surface area contributed by atoms with Gasteiger partial charge in [-0.1, -0.05) is 0 Å². The summed E-state index contributed by atoms with van der Waals surface area (Å²) < 4.78 is 27.3. The molecule has 0 amide bonds. The number of halogens is 2. The fourth-order valence-electron chi connectivity index (χ4n) is 2.18. The third-order valence-corrected chi connectivity index (χ3v) is 4.19. The summed E-state index contributed by atoms with van der Waals surface area (Å²) in [6.45, 7) is 0. The molecule has 0 unspecified atom stereocenters. The number of rotatable bonds is 3. The average Bonchev–Trinajstić information content (AvgIpc) is 2.90. The van der Waals surface area contributed by atoms with Gasteiger partial charge in [0.05, 0.1) is 9.58 Å². The quantitative estimate of drug-likeness (QED) is 0.747. The molecule has 0 atom stereocenters. The Morgan fingerprint density at radius 1 is 1.23 bits per heavy atom. The summed E-state index contributed by atoms with van der Waals surface area (Å²) >= 11 is 0.962. The Balaban J connectivity index is 2.35. The number of nitrogens with zero attached hydrogens (tertiary/aromatic N) is 1. The number of fused-ring (bicyclic) bond motifs is 1. The van der Waals surface area contributed by atoms with Crippen molar-refractivity contribution in [2.24, 2.45) is 0 Å². The van der Waals surface area contributed by atoms with Crippen LogP contribution in [-0.4, -0.2) is 22.3 Å². The van der Waals surface area contributed by atoms with E-state index in [-0.39, 0.29) is 16.0 Å². The Hall–Kier alpha value is -2.67. The van der Waals surface area contributed by atoms with Gasteiger partial charge in [-0.3, -0.25) is 4.79 Å². The van der Waals surface area contributed by atoms with E-state index < -0.39 is 17.6 Å². The van der Waals surface area contributed by atoms with E-state index in [1.54, 1.807) is 0 Å². The zero-order valence-electron chi connectivity index (χ0n) is 10.8. The third kappa shape index (κ3) is 2.25. The maximum Gasteiger partial charge on any atom is 0.355 e. The van der Waals surface area contributed by atoms with Gasteiger partial charge >= 0.3 is 5.97 Å². The fraction of sp³-hybridized carbons (Fsp3) is 0. The van der Waals surface area contributed by atoms with Crippen molar-refractivity contribution in [3.8, 4) is 11.1 Å². The molecule has 0 fully saturated rings. The summed E-state index contributed by atoms with van der Waals surface area (Å²) in [6, 6.07) is 4.56. The molecule has 2 heterocycles. The number of aromatic nitrogens is 1. The summed E-state index contributed by atoms with van der Waals surface area (Å²) in [5.41, 5.74) is 0.187. The minimum Gasteiger partial charge on any atom is -0.476 e. The lowest BCUT2D eigenvalue weighted by atomic mass is 10.0. The van der Waals surface area contributed by atoms with Crippen molar-refractivity contribution in [3.05, 3.63) is 52.7 Å². The van der Waals surface area contributed by atoms with Crippen LogP contribution < -0.4 is 0 Å². The predicted molar refractivity (Wildman–Crippen MR) is 77.3 cm³/mol. The van der Waals surface area contributed by atoms with Crippen LogP contribution in [0.5, 0.6) is 0 Å². The molecular weight excluding hydrogens is 312 g/mol. The Bertz CT molecular complexity index is 921. The van der Waals surface area contributed by atoms with E-state index in [9.17, 15) is 18.4 Å². The zero-order chi connectivity index (χ0) is 15.9. The van der Waals surface area contributed by atoms with Crippen molar-refractivity contribution in [1.29, 1.82) is 0 Å². The van der Waals surface area contributed by atoms with E-state index in [2.05, 4.69) is 4.98 Å². The second kappa shape index (κ2) is 5.27. The number of carbonyl (C=O) groups is 2. The molecule has 0 aliphatic carbocycles. The first-order valence-corrected chi connectivity index (χ1v) is 6.89. The SMILES string of the molecule is O=Cc1cc2c(-c3ccc(F)cc3F)cnc(C(=O)O)c2s1. The minimum atomic E-state index is -1.24. The van der Waals surface area contributed by atoms with Gasteiger partial charge in [-0.2, -0.15) is 0 Å². The molecule has 22 heavy (non-hydrogen) atoms. The number of benzene rings is 1. The van der Waals surface area contributed by atoms with Crippen LogP contribution >= 0.6 is 11.3 Å². The Morgan fingerprint density at radius 2 is 2.00 bits per heavy atom. The molecule has 0 aliphatic heterocycles. The molecule has 0 spiro atoms. The molecule has 4 nitrogen and oxygen atoms in total. The molecule has 0 radical (unpaired) electrons. The molecule has 1 N–H and O–H groups in total. The zero-order valence-corrected chi connectivity index (χ0v) is 11.7. The molecule has 0 aliphatic rings. The van der Waals surface area contributed by atoms with Gasteiger partial charge in [0, 0.05) is 28.8 Å². The van der Waals surface area contributed by atoms with E-state index in [1.165, 1.54) is 18.3 Å². The number of carboxylic acid groups (broad SMARTS) is 1. The highest BCUT2D eigenvalue weighted by Gasteiger charge is 2.19. The highest BCUT2D eigenvalue weighted by atomic mass is 32.1. The number of aromatic carboxylic acids is 1. The third-order valence-electron chi connectivity index (χ3n) is 3.12. The van der Waals surface area contributed by atoms with Crippen LogP contribution in [0.3, 0.4) is 0 Å². The Labute approximate surface area is 126 Å². The highest BCUT2D eigenvalue weighted by molar-refractivity contribution is 7.21. The Morgan fingerprint density at radius 3 is 2.64 bits per heavy atom. The number of thiophene rings is 1. The van der Waals surface area contributed by atoms with Crippen LogP contribution in [0.4, 0.5) is 8.78 Å². The van der Waals surface area contributed by atoms with Gasteiger partial charge in [-0.05, 0) is 18.2 Å². The number of aldehydes is 1. The van der Waals surface area contributed by atoms with Crippen LogP contribution in [0, 0.1) is 11.6 Å². The molecule has 0 saturated heterocycles. The van der Waals surface area contributed by atoms with Crippen molar-refractivity contribution >= 4 is 33.7 Å². The normalized spacial score (nSPS) is 10.8. The lowest BCUT2D eigenvalue weighted by Crippen LogP contribution is -2.00. The molecule has 1 aromatic carbocycles. The standard InChI is InChI=1S/C15H7F2NO3S/c16-7-1-2-9(12(17)3-7)11-5-18-13(15(20)21)14-10(11)4-8(6-19)22-14/h1-6H,(H,20,21). The topological polar surface area (TPSA) is 67.3 Å². The molecule has 3 rings (SSSR count). The molecule has 2 aromatic heterocycles. The summed E-state index contributed by atoms with van der Waals surface area (Å²) in [4.78, 5) is 26.3. The molecule has 0 bridgehead atoms. The van der Waals surface area contributed by atoms with Crippen molar-refractivity contribution in [2.75, 3.05) is 0 Å². The van der Waals surface area contributed by atoms with E-state index in [0.29, 0.717) is 22.1 Å². The second-order valence-electron chi connectivity index (χ2n) is 4.46. The first-order chi connectivity index (χ1) is 10.5. The number of pyridine rings is 1.